The Morgan fingerprint density at radius 1 is 1.17 bits per heavy atom. The van der Waals surface area contributed by atoms with E-state index in [4.69, 9.17) is 23.2 Å². The van der Waals surface area contributed by atoms with Crippen LogP contribution < -0.4 is 5.32 Å². The molecule has 0 spiro atoms. The van der Waals surface area contributed by atoms with Crippen molar-refractivity contribution in [2.75, 3.05) is 6.54 Å². The summed E-state index contributed by atoms with van der Waals surface area (Å²) in [6.45, 7) is 1.73. The molecule has 0 aliphatic heterocycles. The molecule has 0 aliphatic carbocycles. The van der Waals surface area contributed by atoms with Gasteiger partial charge in [0.25, 0.3) is 0 Å². The van der Waals surface area contributed by atoms with E-state index in [0.717, 1.165) is 33.3 Å². The van der Waals surface area contributed by atoms with E-state index in [2.05, 4.69) is 27.3 Å². The third-order valence-electron chi connectivity index (χ3n) is 2.50. The minimum absolute atomic E-state index is 0.764. The van der Waals surface area contributed by atoms with Gasteiger partial charge in [-0.2, -0.15) is 0 Å². The van der Waals surface area contributed by atoms with Gasteiger partial charge in [-0.3, -0.25) is 0 Å². The summed E-state index contributed by atoms with van der Waals surface area (Å²) in [6.07, 6.45) is 0.996. The van der Waals surface area contributed by atoms with Crippen molar-refractivity contribution in [3.63, 3.8) is 0 Å². The topological polar surface area (TPSA) is 12.0 Å². The van der Waals surface area contributed by atoms with Crippen LogP contribution in [0.25, 0.3) is 0 Å². The van der Waals surface area contributed by atoms with Crippen LogP contribution in [-0.4, -0.2) is 6.54 Å². The standard InChI is InChI=1S/C13H12BrCl2NS/c14-12-3-1-10(15)7-9(12)8-17-6-5-11-2-4-13(16)18-11/h1-4,7,17H,5-6,8H2. The summed E-state index contributed by atoms with van der Waals surface area (Å²) in [7, 11) is 0. The summed E-state index contributed by atoms with van der Waals surface area (Å²) in [5, 5.41) is 4.17. The molecule has 0 amide bonds. The summed E-state index contributed by atoms with van der Waals surface area (Å²) in [5.41, 5.74) is 1.17. The first-order chi connectivity index (χ1) is 8.65. The van der Waals surface area contributed by atoms with Crippen LogP contribution >= 0.6 is 50.5 Å². The highest BCUT2D eigenvalue weighted by Crippen LogP contribution is 2.22. The Balaban J connectivity index is 1.80. The summed E-state index contributed by atoms with van der Waals surface area (Å²) in [5.74, 6) is 0. The van der Waals surface area contributed by atoms with Crippen molar-refractivity contribution >= 4 is 50.5 Å². The Labute approximate surface area is 129 Å². The maximum atomic E-state index is 5.97. The van der Waals surface area contributed by atoms with Gasteiger partial charge >= 0.3 is 0 Å². The van der Waals surface area contributed by atoms with Gasteiger partial charge in [-0.05, 0) is 42.3 Å². The van der Waals surface area contributed by atoms with E-state index >= 15 is 0 Å². The first-order valence-electron chi connectivity index (χ1n) is 5.54. The molecule has 0 saturated carbocycles. The van der Waals surface area contributed by atoms with Gasteiger partial charge in [-0.1, -0.05) is 39.1 Å². The number of hydrogen-bond acceptors (Lipinski definition) is 2. The molecule has 1 heterocycles. The van der Waals surface area contributed by atoms with Gasteiger partial charge in [0, 0.05) is 27.5 Å². The lowest BCUT2D eigenvalue weighted by atomic mass is 10.2. The third kappa shape index (κ3) is 4.25. The second kappa shape index (κ2) is 6.92. The van der Waals surface area contributed by atoms with Gasteiger partial charge in [0.2, 0.25) is 0 Å². The van der Waals surface area contributed by atoms with Crippen LogP contribution in [0.4, 0.5) is 0 Å². The lowest BCUT2D eigenvalue weighted by Gasteiger charge is -2.06. The highest BCUT2D eigenvalue weighted by atomic mass is 79.9. The van der Waals surface area contributed by atoms with Crippen LogP contribution in [0.3, 0.4) is 0 Å². The van der Waals surface area contributed by atoms with Crippen LogP contribution in [0.2, 0.25) is 9.36 Å². The molecule has 0 atom stereocenters. The van der Waals surface area contributed by atoms with Crippen LogP contribution in [-0.2, 0) is 13.0 Å². The van der Waals surface area contributed by atoms with E-state index in [1.165, 1.54) is 10.4 Å². The lowest BCUT2D eigenvalue weighted by Crippen LogP contribution is -2.16. The van der Waals surface area contributed by atoms with Crippen molar-refractivity contribution in [3.05, 3.63) is 54.6 Å². The molecule has 2 rings (SSSR count). The molecule has 0 radical (unpaired) electrons. The molecular weight excluding hydrogens is 353 g/mol. The molecular formula is C13H12BrCl2NS. The SMILES string of the molecule is Clc1ccc(Br)c(CNCCc2ccc(Cl)s2)c1. The van der Waals surface area contributed by atoms with Crippen molar-refractivity contribution in [2.45, 2.75) is 13.0 Å². The Hall–Kier alpha value is -0.0600. The van der Waals surface area contributed by atoms with E-state index in [0.29, 0.717) is 0 Å². The normalized spacial score (nSPS) is 10.8. The predicted molar refractivity (Wildman–Crippen MR) is 83.9 cm³/mol. The molecule has 5 heteroatoms. The third-order valence-corrected chi connectivity index (χ3v) is 4.80. The zero-order chi connectivity index (χ0) is 13.0. The largest absolute Gasteiger partial charge is 0.312 e. The van der Waals surface area contributed by atoms with Crippen molar-refractivity contribution in [1.29, 1.82) is 0 Å². The average molecular weight is 365 g/mol. The smallest absolute Gasteiger partial charge is 0.0931 e. The van der Waals surface area contributed by atoms with Gasteiger partial charge in [-0.25, -0.2) is 0 Å². The second-order valence-electron chi connectivity index (χ2n) is 3.87. The minimum Gasteiger partial charge on any atom is -0.312 e. The van der Waals surface area contributed by atoms with Gasteiger partial charge in [0.15, 0.2) is 0 Å². The Morgan fingerprint density at radius 2 is 2.00 bits per heavy atom. The fraction of sp³-hybridized carbons (Fsp3) is 0.231. The fourth-order valence-corrected chi connectivity index (χ4v) is 3.27. The van der Waals surface area contributed by atoms with Crippen molar-refractivity contribution in [3.8, 4) is 0 Å². The average Bonchev–Trinajstić information content (AvgIpc) is 2.75. The summed E-state index contributed by atoms with van der Waals surface area (Å²) in [6, 6.07) is 9.83. The first kappa shape index (κ1) is 14.4. The number of benzene rings is 1. The molecule has 2 aromatic rings. The minimum atomic E-state index is 0.764. The van der Waals surface area contributed by atoms with E-state index in [1.807, 2.05) is 24.3 Å². The van der Waals surface area contributed by atoms with Crippen molar-refractivity contribution in [2.24, 2.45) is 0 Å². The van der Waals surface area contributed by atoms with Gasteiger partial charge < -0.3 is 5.32 Å². The molecule has 1 aromatic carbocycles. The van der Waals surface area contributed by atoms with Crippen molar-refractivity contribution < 1.29 is 0 Å². The van der Waals surface area contributed by atoms with E-state index in [-0.39, 0.29) is 0 Å². The zero-order valence-corrected chi connectivity index (χ0v) is 13.5. The molecule has 0 fully saturated rings. The first-order valence-corrected chi connectivity index (χ1v) is 7.90. The van der Waals surface area contributed by atoms with Gasteiger partial charge in [-0.15, -0.1) is 11.3 Å². The molecule has 1 aromatic heterocycles. The van der Waals surface area contributed by atoms with Gasteiger partial charge in [0.05, 0.1) is 4.34 Å². The highest BCUT2D eigenvalue weighted by Gasteiger charge is 2.01. The fourth-order valence-electron chi connectivity index (χ4n) is 1.60. The molecule has 0 aliphatic rings. The lowest BCUT2D eigenvalue weighted by molar-refractivity contribution is 0.689. The van der Waals surface area contributed by atoms with Crippen LogP contribution in [0.1, 0.15) is 10.4 Å². The van der Waals surface area contributed by atoms with Gasteiger partial charge in [0.1, 0.15) is 0 Å². The monoisotopic (exact) mass is 363 g/mol. The highest BCUT2D eigenvalue weighted by molar-refractivity contribution is 9.10. The number of thiophene rings is 1. The molecule has 1 nitrogen and oxygen atoms in total. The Kier molecular flexibility index (Phi) is 5.52. The molecule has 18 heavy (non-hydrogen) atoms. The Morgan fingerprint density at radius 3 is 2.72 bits per heavy atom. The maximum Gasteiger partial charge on any atom is 0.0931 e. The number of hydrogen-bond donors (Lipinski definition) is 1. The molecule has 96 valence electrons. The van der Waals surface area contributed by atoms with E-state index < -0.39 is 0 Å². The predicted octanol–water partition coefficient (Wildman–Crippen LogP) is 5.15. The maximum absolute atomic E-state index is 5.97. The van der Waals surface area contributed by atoms with E-state index in [9.17, 15) is 0 Å². The molecule has 1 N–H and O–H groups in total. The number of nitrogens with one attached hydrogen (secondary N) is 1. The number of rotatable bonds is 5. The number of halogens is 3. The van der Waals surface area contributed by atoms with E-state index in [1.54, 1.807) is 11.3 Å². The molecule has 0 unspecified atom stereocenters. The Bertz CT molecular complexity index is 527. The van der Waals surface area contributed by atoms with Crippen LogP contribution in [0, 0.1) is 0 Å². The summed E-state index contributed by atoms with van der Waals surface area (Å²) < 4.78 is 1.93. The molecule has 0 bridgehead atoms. The van der Waals surface area contributed by atoms with Crippen molar-refractivity contribution in [1.82, 2.24) is 5.32 Å². The summed E-state index contributed by atoms with van der Waals surface area (Å²) >= 11 is 17.0. The zero-order valence-electron chi connectivity index (χ0n) is 9.55. The summed E-state index contributed by atoms with van der Waals surface area (Å²) in [4.78, 5) is 1.30. The molecule has 0 saturated heterocycles. The van der Waals surface area contributed by atoms with Crippen LogP contribution in [0.15, 0.2) is 34.8 Å². The second-order valence-corrected chi connectivity index (χ2v) is 6.96. The quantitative estimate of drug-likeness (QED) is 0.723. The van der Waals surface area contributed by atoms with Crippen LogP contribution in [0.5, 0.6) is 0 Å².